The number of rotatable bonds is 2. The van der Waals surface area contributed by atoms with Crippen molar-refractivity contribution in [1.82, 2.24) is 20.4 Å². The van der Waals surface area contributed by atoms with E-state index in [0.29, 0.717) is 28.9 Å². The van der Waals surface area contributed by atoms with E-state index in [4.69, 9.17) is 4.52 Å². The van der Waals surface area contributed by atoms with Crippen LogP contribution in [0.2, 0.25) is 0 Å². The number of pyridine rings is 1. The van der Waals surface area contributed by atoms with Gasteiger partial charge in [0.05, 0.1) is 22.3 Å². The SMILES string of the molecule is Cc1ccc(-c2cc(C(=O)N3CCCNCC3)c3c(C)noc3n2)cc1.Cl. The van der Waals surface area contributed by atoms with Crippen molar-refractivity contribution in [2.75, 3.05) is 26.2 Å². The highest BCUT2D eigenvalue weighted by Crippen LogP contribution is 2.28. The lowest BCUT2D eigenvalue weighted by atomic mass is 10.0. The van der Waals surface area contributed by atoms with Crippen LogP contribution in [0.25, 0.3) is 22.4 Å². The Labute approximate surface area is 164 Å². The molecule has 0 unspecified atom stereocenters. The average Bonchev–Trinajstić information content (AvgIpc) is 2.86. The quantitative estimate of drug-likeness (QED) is 0.731. The highest BCUT2D eigenvalue weighted by molar-refractivity contribution is 6.07. The Morgan fingerprint density at radius 1 is 1.15 bits per heavy atom. The number of halogens is 1. The molecule has 1 N–H and O–H groups in total. The number of hydrogen-bond acceptors (Lipinski definition) is 5. The number of fused-ring (bicyclic) bond motifs is 1. The topological polar surface area (TPSA) is 71.3 Å². The summed E-state index contributed by atoms with van der Waals surface area (Å²) in [5, 5.41) is 8.07. The first-order chi connectivity index (χ1) is 12.6. The first kappa shape index (κ1) is 19.3. The molecule has 2 aromatic heterocycles. The predicted octanol–water partition coefficient (Wildman–Crippen LogP) is 3.36. The molecule has 1 fully saturated rings. The predicted molar refractivity (Wildman–Crippen MR) is 107 cm³/mol. The van der Waals surface area contributed by atoms with Gasteiger partial charge in [0.15, 0.2) is 0 Å². The summed E-state index contributed by atoms with van der Waals surface area (Å²) >= 11 is 0. The van der Waals surface area contributed by atoms with Gasteiger partial charge in [0.1, 0.15) is 0 Å². The number of aryl methyl sites for hydroxylation is 2. The molecule has 1 aliphatic rings. The number of benzene rings is 1. The molecule has 3 aromatic rings. The Hall–Kier alpha value is -2.44. The van der Waals surface area contributed by atoms with E-state index in [9.17, 15) is 4.79 Å². The lowest BCUT2D eigenvalue weighted by molar-refractivity contribution is 0.0768. The van der Waals surface area contributed by atoms with Crippen molar-refractivity contribution in [1.29, 1.82) is 0 Å². The summed E-state index contributed by atoms with van der Waals surface area (Å²) in [4.78, 5) is 19.7. The van der Waals surface area contributed by atoms with E-state index in [-0.39, 0.29) is 18.3 Å². The van der Waals surface area contributed by atoms with Crippen molar-refractivity contribution in [3.05, 3.63) is 47.2 Å². The first-order valence-corrected chi connectivity index (χ1v) is 8.97. The molecule has 0 bridgehead atoms. The maximum absolute atomic E-state index is 13.3. The zero-order valence-electron chi connectivity index (χ0n) is 15.5. The number of nitrogens with zero attached hydrogens (tertiary/aromatic N) is 3. The Kier molecular flexibility index (Phi) is 5.77. The third-order valence-corrected chi connectivity index (χ3v) is 4.82. The molecule has 0 atom stereocenters. The molecule has 7 heteroatoms. The third-order valence-electron chi connectivity index (χ3n) is 4.82. The van der Waals surface area contributed by atoms with Gasteiger partial charge >= 0.3 is 0 Å². The molecule has 27 heavy (non-hydrogen) atoms. The van der Waals surface area contributed by atoms with Gasteiger partial charge in [-0.15, -0.1) is 12.4 Å². The second-order valence-electron chi connectivity index (χ2n) is 6.76. The molecule has 0 aliphatic carbocycles. The van der Waals surface area contributed by atoms with Crippen LogP contribution in [-0.2, 0) is 0 Å². The smallest absolute Gasteiger partial charge is 0.259 e. The van der Waals surface area contributed by atoms with E-state index in [1.165, 1.54) is 5.56 Å². The second-order valence-corrected chi connectivity index (χ2v) is 6.76. The van der Waals surface area contributed by atoms with E-state index in [2.05, 4.69) is 15.5 Å². The normalized spacial score (nSPS) is 14.7. The molecular weight excluding hydrogens is 364 g/mol. The molecule has 0 radical (unpaired) electrons. The van der Waals surface area contributed by atoms with Gasteiger partial charge in [-0.1, -0.05) is 35.0 Å². The molecule has 0 saturated carbocycles. The van der Waals surface area contributed by atoms with Crippen LogP contribution in [-0.4, -0.2) is 47.1 Å². The highest BCUT2D eigenvalue weighted by atomic mass is 35.5. The number of nitrogens with one attached hydrogen (secondary N) is 1. The summed E-state index contributed by atoms with van der Waals surface area (Å²) in [6.45, 7) is 7.10. The van der Waals surface area contributed by atoms with Crippen LogP contribution in [0.3, 0.4) is 0 Å². The molecule has 1 aliphatic heterocycles. The summed E-state index contributed by atoms with van der Waals surface area (Å²) in [5.41, 5.74) is 4.59. The van der Waals surface area contributed by atoms with Crippen LogP contribution in [0, 0.1) is 13.8 Å². The zero-order chi connectivity index (χ0) is 18.1. The van der Waals surface area contributed by atoms with E-state index in [1.54, 1.807) is 0 Å². The zero-order valence-corrected chi connectivity index (χ0v) is 16.3. The summed E-state index contributed by atoms with van der Waals surface area (Å²) in [5.74, 6) is 0.0146. The van der Waals surface area contributed by atoms with Gasteiger partial charge in [-0.3, -0.25) is 4.79 Å². The molecule has 1 saturated heterocycles. The van der Waals surface area contributed by atoms with Gasteiger partial charge in [-0.25, -0.2) is 4.98 Å². The molecule has 0 spiro atoms. The number of carbonyl (C=O) groups is 1. The van der Waals surface area contributed by atoms with Gasteiger partial charge < -0.3 is 14.7 Å². The van der Waals surface area contributed by atoms with Crippen molar-refractivity contribution < 1.29 is 9.32 Å². The Morgan fingerprint density at radius 2 is 1.93 bits per heavy atom. The molecule has 142 valence electrons. The lowest BCUT2D eigenvalue weighted by Crippen LogP contribution is -2.34. The molecule has 1 aromatic carbocycles. The summed E-state index contributed by atoms with van der Waals surface area (Å²) in [7, 11) is 0. The fourth-order valence-electron chi connectivity index (χ4n) is 3.35. The first-order valence-electron chi connectivity index (χ1n) is 8.97. The van der Waals surface area contributed by atoms with Gasteiger partial charge in [0.2, 0.25) is 0 Å². The van der Waals surface area contributed by atoms with E-state index < -0.39 is 0 Å². The minimum atomic E-state index is 0. The average molecular weight is 387 g/mol. The van der Waals surface area contributed by atoms with Crippen LogP contribution in [0.15, 0.2) is 34.9 Å². The van der Waals surface area contributed by atoms with Crippen molar-refractivity contribution >= 4 is 29.4 Å². The molecule has 3 heterocycles. The van der Waals surface area contributed by atoms with Crippen LogP contribution >= 0.6 is 12.4 Å². The number of aromatic nitrogens is 2. The largest absolute Gasteiger partial charge is 0.337 e. The minimum Gasteiger partial charge on any atom is -0.337 e. The third kappa shape index (κ3) is 3.82. The summed E-state index contributed by atoms with van der Waals surface area (Å²) in [6, 6.07) is 9.97. The van der Waals surface area contributed by atoms with Crippen molar-refractivity contribution in [2.45, 2.75) is 20.3 Å². The van der Waals surface area contributed by atoms with Gasteiger partial charge in [-0.2, -0.15) is 0 Å². The number of carbonyl (C=O) groups excluding carboxylic acids is 1. The van der Waals surface area contributed by atoms with Crippen molar-refractivity contribution in [3.8, 4) is 11.3 Å². The molecular formula is C20H23ClN4O2. The highest BCUT2D eigenvalue weighted by Gasteiger charge is 2.24. The van der Waals surface area contributed by atoms with E-state index >= 15 is 0 Å². The summed E-state index contributed by atoms with van der Waals surface area (Å²) in [6.07, 6.45) is 0.952. The van der Waals surface area contributed by atoms with Crippen LogP contribution in [0.5, 0.6) is 0 Å². The number of hydrogen-bond donors (Lipinski definition) is 1. The van der Waals surface area contributed by atoms with Gasteiger partial charge in [0, 0.05) is 25.2 Å². The fourth-order valence-corrected chi connectivity index (χ4v) is 3.35. The van der Waals surface area contributed by atoms with E-state index in [0.717, 1.165) is 37.3 Å². The minimum absolute atomic E-state index is 0. The monoisotopic (exact) mass is 386 g/mol. The van der Waals surface area contributed by atoms with Crippen molar-refractivity contribution in [2.24, 2.45) is 0 Å². The van der Waals surface area contributed by atoms with Gasteiger partial charge in [-0.05, 0) is 32.9 Å². The molecule has 1 amide bonds. The number of amides is 1. The second kappa shape index (κ2) is 8.06. The Balaban J connectivity index is 0.00000210. The standard InChI is InChI=1S/C20H22N4O2.ClH/c1-13-4-6-15(7-5-13)17-12-16(18-14(2)23-26-19(18)22-17)20(25)24-10-3-8-21-9-11-24;/h4-7,12,21H,3,8-11H2,1-2H3;1H. The Morgan fingerprint density at radius 3 is 2.70 bits per heavy atom. The maximum atomic E-state index is 13.3. The maximum Gasteiger partial charge on any atom is 0.259 e. The lowest BCUT2D eigenvalue weighted by Gasteiger charge is -2.20. The van der Waals surface area contributed by atoms with Gasteiger partial charge in [0.25, 0.3) is 11.6 Å². The Bertz CT molecular complexity index is 945. The summed E-state index contributed by atoms with van der Waals surface area (Å²) < 4.78 is 5.39. The molecule has 6 nitrogen and oxygen atoms in total. The van der Waals surface area contributed by atoms with Crippen LogP contribution < -0.4 is 5.32 Å². The molecule has 4 rings (SSSR count). The van der Waals surface area contributed by atoms with Crippen LogP contribution in [0.4, 0.5) is 0 Å². The fraction of sp³-hybridized carbons (Fsp3) is 0.350. The van der Waals surface area contributed by atoms with Crippen LogP contribution in [0.1, 0.15) is 28.0 Å². The van der Waals surface area contributed by atoms with E-state index in [1.807, 2.05) is 49.1 Å². The van der Waals surface area contributed by atoms with Crippen molar-refractivity contribution in [3.63, 3.8) is 0 Å².